The summed E-state index contributed by atoms with van der Waals surface area (Å²) < 4.78 is 5.28. The summed E-state index contributed by atoms with van der Waals surface area (Å²) in [6, 6.07) is 3.09. The number of ether oxygens (including phenoxy) is 1. The molecule has 1 aliphatic rings. The minimum Gasteiger partial charge on any atom is -0.465 e. The number of hydrogen-bond acceptors (Lipinski definition) is 5. The molecule has 9 nitrogen and oxygen atoms in total. The van der Waals surface area contributed by atoms with E-state index in [1.165, 1.54) is 16.0 Å². The van der Waals surface area contributed by atoms with Gasteiger partial charge in [0.2, 0.25) is 0 Å². The first-order chi connectivity index (χ1) is 12.6. The largest absolute Gasteiger partial charge is 0.465 e. The van der Waals surface area contributed by atoms with Gasteiger partial charge in [0.1, 0.15) is 11.4 Å². The van der Waals surface area contributed by atoms with Gasteiger partial charge in [-0.15, -0.1) is 0 Å². The number of piperidine rings is 1. The number of pyridine rings is 1. The Morgan fingerprint density at radius 3 is 2.37 bits per heavy atom. The first-order valence-electron chi connectivity index (χ1n) is 8.78. The van der Waals surface area contributed by atoms with Crippen molar-refractivity contribution in [3.8, 4) is 0 Å². The lowest BCUT2D eigenvalue weighted by Crippen LogP contribution is -2.46. The molecule has 0 atom stereocenters. The summed E-state index contributed by atoms with van der Waals surface area (Å²) in [7, 11) is 1.55. The highest BCUT2D eigenvalue weighted by molar-refractivity contribution is 5.94. The van der Waals surface area contributed by atoms with Crippen LogP contribution in [0.25, 0.3) is 0 Å². The molecule has 9 heteroatoms. The van der Waals surface area contributed by atoms with Crippen molar-refractivity contribution in [3.63, 3.8) is 0 Å². The number of rotatable bonds is 3. The minimum atomic E-state index is -0.936. The fraction of sp³-hybridized carbons (Fsp3) is 0.556. The van der Waals surface area contributed by atoms with Crippen molar-refractivity contribution in [3.05, 3.63) is 23.9 Å². The molecule has 1 saturated heterocycles. The molecule has 0 spiro atoms. The van der Waals surface area contributed by atoms with E-state index in [-0.39, 0.29) is 11.9 Å². The number of hydrogen-bond donors (Lipinski definition) is 2. The zero-order valence-corrected chi connectivity index (χ0v) is 16.1. The molecule has 0 bridgehead atoms. The molecular formula is C18H26N4O5. The van der Waals surface area contributed by atoms with Crippen LogP contribution in [-0.2, 0) is 4.74 Å². The molecule has 148 valence electrons. The Morgan fingerprint density at radius 2 is 1.89 bits per heavy atom. The van der Waals surface area contributed by atoms with Gasteiger partial charge in [-0.3, -0.25) is 9.69 Å². The molecule has 1 aromatic rings. The SMILES string of the molecule is CN(C(=O)OC(C)(C)C)c1ccc(C(=O)NC2CCN(C(=O)O)CC2)cn1. The summed E-state index contributed by atoms with van der Waals surface area (Å²) >= 11 is 0. The molecule has 1 aromatic heterocycles. The van der Waals surface area contributed by atoms with E-state index < -0.39 is 17.8 Å². The Labute approximate surface area is 158 Å². The highest BCUT2D eigenvalue weighted by atomic mass is 16.6. The number of likely N-dealkylation sites (tertiary alicyclic amines) is 1. The molecule has 1 aliphatic heterocycles. The average molecular weight is 378 g/mol. The van der Waals surface area contributed by atoms with Gasteiger partial charge in [-0.25, -0.2) is 14.6 Å². The molecule has 2 N–H and O–H groups in total. The lowest BCUT2D eigenvalue weighted by Gasteiger charge is -2.30. The standard InChI is InChI=1S/C18H26N4O5/c1-18(2,3)27-17(26)21(4)14-6-5-12(11-19-14)15(23)20-13-7-9-22(10-8-13)16(24)25/h5-6,11,13H,7-10H2,1-4H3,(H,20,23)(H,24,25). The second kappa shape index (κ2) is 8.24. The number of carboxylic acid groups (broad SMARTS) is 1. The zero-order chi connectivity index (χ0) is 20.2. The van der Waals surface area contributed by atoms with Crippen molar-refractivity contribution in [1.82, 2.24) is 15.2 Å². The first kappa shape index (κ1) is 20.5. The average Bonchev–Trinajstić information content (AvgIpc) is 2.60. The summed E-state index contributed by atoms with van der Waals surface area (Å²) in [5, 5.41) is 11.8. The van der Waals surface area contributed by atoms with Crippen molar-refractivity contribution < 1.29 is 24.2 Å². The summed E-state index contributed by atoms with van der Waals surface area (Å²) in [5.41, 5.74) is -0.238. The van der Waals surface area contributed by atoms with E-state index in [0.29, 0.717) is 37.3 Å². The third-order valence-electron chi connectivity index (χ3n) is 4.12. The van der Waals surface area contributed by atoms with Crippen molar-refractivity contribution in [2.24, 2.45) is 0 Å². The minimum absolute atomic E-state index is 0.0720. The van der Waals surface area contributed by atoms with Crippen LogP contribution in [0.3, 0.4) is 0 Å². The molecule has 0 radical (unpaired) electrons. The number of anilines is 1. The highest BCUT2D eigenvalue weighted by Crippen LogP contribution is 2.16. The van der Waals surface area contributed by atoms with E-state index in [9.17, 15) is 14.4 Å². The molecule has 0 aromatic carbocycles. The third-order valence-corrected chi connectivity index (χ3v) is 4.12. The van der Waals surface area contributed by atoms with Crippen LogP contribution in [0.15, 0.2) is 18.3 Å². The molecule has 2 rings (SSSR count). The molecular weight excluding hydrogens is 352 g/mol. The highest BCUT2D eigenvalue weighted by Gasteiger charge is 2.24. The molecule has 2 heterocycles. The van der Waals surface area contributed by atoms with Crippen LogP contribution >= 0.6 is 0 Å². The van der Waals surface area contributed by atoms with E-state index in [1.807, 2.05) is 0 Å². The van der Waals surface area contributed by atoms with Gasteiger partial charge in [-0.2, -0.15) is 0 Å². The van der Waals surface area contributed by atoms with Gasteiger partial charge >= 0.3 is 12.2 Å². The normalized spacial score (nSPS) is 15.2. The van der Waals surface area contributed by atoms with Gasteiger partial charge < -0.3 is 20.1 Å². The molecule has 27 heavy (non-hydrogen) atoms. The van der Waals surface area contributed by atoms with Crippen molar-refractivity contribution in [2.75, 3.05) is 25.0 Å². The molecule has 0 unspecified atom stereocenters. The fourth-order valence-electron chi connectivity index (χ4n) is 2.63. The van der Waals surface area contributed by atoms with Gasteiger partial charge in [0, 0.05) is 32.4 Å². The quantitative estimate of drug-likeness (QED) is 0.835. The Kier molecular flexibility index (Phi) is 6.24. The van der Waals surface area contributed by atoms with Crippen molar-refractivity contribution in [2.45, 2.75) is 45.3 Å². The molecule has 3 amide bonds. The number of aromatic nitrogens is 1. The second-order valence-corrected chi connectivity index (χ2v) is 7.46. The topological polar surface area (TPSA) is 112 Å². The third kappa shape index (κ3) is 5.83. The van der Waals surface area contributed by atoms with Crippen LogP contribution in [0.4, 0.5) is 15.4 Å². The number of carbonyl (C=O) groups excluding carboxylic acids is 2. The maximum Gasteiger partial charge on any atom is 0.415 e. The van der Waals surface area contributed by atoms with Gasteiger partial charge in [0.05, 0.1) is 5.56 Å². The van der Waals surface area contributed by atoms with Crippen LogP contribution < -0.4 is 10.2 Å². The lowest BCUT2D eigenvalue weighted by atomic mass is 10.0. The zero-order valence-electron chi connectivity index (χ0n) is 16.1. The van der Waals surface area contributed by atoms with E-state index in [2.05, 4.69) is 10.3 Å². The monoisotopic (exact) mass is 378 g/mol. The molecule has 0 aliphatic carbocycles. The van der Waals surface area contributed by atoms with Gasteiger partial charge in [0.25, 0.3) is 5.91 Å². The maximum atomic E-state index is 12.3. The maximum absolute atomic E-state index is 12.3. The Morgan fingerprint density at radius 1 is 1.26 bits per heavy atom. The first-order valence-corrected chi connectivity index (χ1v) is 8.78. The summed E-state index contributed by atoms with van der Waals surface area (Å²) in [4.78, 5) is 42.1. The lowest BCUT2D eigenvalue weighted by molar-refractivity contribution is 0.0588. The van der Waals surface area contributed by atoms with Crippen molar-refractivity contribution in [1.29, 1.82) is 0 Å². The molecule has 1 fully saturated rings. The van der Waals surface area contributed by atoms with Gasteiger partial charge in [-0.05, 0) is 45.7 Å². The van der Waals surface area contributed by atoms with Gasteiger partial charge in [0.15, 0.2) is 0 Å². The van der Waals surface area contributed by atoms with E-state index in [1.54, 1.807) is 40.0 Å². The van der Waals surface area contributed by atoms with Crippen LogP contribution in [0.2, 0.25) is 0 Å². The predicted octanol–water partition coefficient (Wildman–Crippen LogP) is 2.33. The predicted molar refractivity (Wildman–Crippen MR) is 99.0 cm³/mol. The van der Waals surface area contributed by atoms with Crippen LogP contribution in [-0.4, -0.2) is 64.9 Å². The number of nitrogens with zero attached hydrogens (tertiary/aromatic N) is 3. The number of nitrogens with one attached hydrogen (secondary N) is 1. The summed E-state index contributed by atoms with van der Waals surface area (Å²) in [6.45, 7) is 6.14. The number of carbonyl (C=O) groups is 3. The van der Waals surface area contributed by atoms with E-state index in [0.717, 1.165) is 0 Å². The smallest absolute Gasteiger partial charge is 0.415 e. The second-order valence-electron chi connectivity index (χ2n) is 7.46. The Balaban J connectivity index is 1.92. The van der Waals surface area contributed by atoms with E-state index >= 15 is 0 Å². The van der Waals surface area contributed by atoms with Crippen molar-refractivity contribution >= 4 is 23.9 Å². The Hall–Kier alpha value is -2.84. The van der Waals surface area contributed by atoms with Gasteiger partial charge in [-0.1, -0.05) is 0 Å². The fourth-order valence-corrected chi connectivity index (χ4v) is 2.63. The molecule has 0 saturated carbocycles. The van der Waals surface area contributed by atoms with Crippen LogP contribution in [0.1, 0.15) is 44.0 Å². The van der Waals surface area contributed by atoms with Crippen LogP contribution in [0.5, 0.6) is 0 Å². The summed E-state index contributed by atoms with van der Waals surface area (Å²) in [5.74, 6) is 0.0957. The Bertz CT molecular complexity index is 691. The summed E-state index contributed by atoms with van der Waals surface area (Å²) in [6.07, 6.45) is 1.08. The van der Waals surface area contributed by atoms with Crippen LogP contribution in [0, 0.1) is 0 Å². The number of amides is 3. The van der Waals surface area contributed by atoms with E-state index in [4.69, 9.17) is 9.84 Å².